The summed E-state index contributed by atoms with van der Waals surface area (Å²) in [7, 11) is 1.63. The number of aryl methyl sites for hydroxylation is 1. The van der Waals surface area contributed by atoms with E-state index >= 15 is 0 Å². The van der Waals surface area contributed by atoms with Crippen LogP contribution < -0.4 is 10.2 Å². The number of para-hydroxylation sites is 2. The van der Waals surface area contributed by atoms with Gasteiger partial charge in [0.1, 0.15) is 6.04 Å². The van der Waals surface area contributed by atoms with Crippen LogP contribution in [0, 0.1) is 6.92 Å². The lowest BCUT2D eigenvalue weighted by Gasteiger charge is -2.16. The molecule has 0 saturated carbocycles. The van der Waals surface area contributed by atoms with Crippen LogP contribution in [-0.2, 0) is 14.3 Å². The summed E-state index contributed by atoms with van der Waals surface area (Å²) in [5.41, 5.74) is 3.17. The number of anilines is 2. The third-order valence-electron chi connectivity index (χ3n) is 5.19. The number of fused-ring (bicyclic) bond motifs is 3. The molecule has 0 aliphatic carbocycles. The van der Waals surface area contributed by atoms with E-state index in [9.17, 15) is 9.59 Å². The molecule has 0 bridgehead atoms. The molecule has 0 saturated heterocycles. The Morgan fingerprint density at radius 3 is 2.83 bits per heavy atom. The highest BCUT2D eigenvalue weighted by Gasteiger charge is 2.40. The summed E-state index contributed by atoms with van der Waals surface area (Å²) in [4.78, 5) is 32.3. The Hall–Kier alpha value is -2.90. The molecule has 1 atom stereocenters. The number of nitrogens with one attached hydrogen (secondary N) is 1. The number of carbonyl (C=O) groups is 2. The minimum Gasteiger partial charge on any atom is -0.385 e. The number of benzene rings is 2. The van der Waals surface area contributed by atoms with Crippen molar-refractivity contribution in [1.29, 1.82) is 0 Å². The van der Waals surface area contributed by atoms with Gasteiger partial charge >= 0.3 is 0 Å². The van der Waals surface area contributed by atoms with Gasteiger partial charge in [0.15, 0.2) is 0 Å². The molecule has 30 heavy (non-hydrogen) atoms. The molecule has 1 aromatic heterocycles. The number of rotatable bonds is 7. The number of amides is 2. The first-order valence-corrected chi connectivity index (χ1v) is 10.2. The largest absolute Gasteiger partial charge is 0.385 e. The Morgan fingerprint density at radius 2 is 2.07 bits per heavy atom. The molecule has 1 N–H and O–H groups in total. The van der Waals surface area contributed by atoms with Gasteiger partial charge in [-0.05, 0) is 43.2 Å². The van der Waals surface area contributed by atoms with Crippen LogP contribution >= 0.6 is 11.6 Å². The molecule has 8 heteroatoms. The fourth-order valence-electron chi connectivity index (χ4n) is 3.77. The van der Waals surface area contributed by atoms with Gasteiger partial charge in [-0.15, -0.1) is 0 Å². The zero-order valence-corrected chi connectivity index (χ0v) is 17.6. The van der Waals surface area contributed by atoms with Crippen molar-refractivity contribution >= 4 is 46.1 Å². The van der Waals surface area contributed by atoms with E-state index in [2.05, 4.69) is 10.3 Å². The fourth-order valence-corrected chi connectivity index (χ4v) is 4.05. The van der Waals surface area contributed by atoms with E-state index in [1.165, 1.54) is 0 Å². The summed E-state index contributed by atoms with van der Waals surface area (Å²) in [5, 5.41) is 3.30. The Bertz CT molecular complexity index is 1110. The highest BCUT2D eigenvalue weighted by atomic mass is 35.5. The molecule has 2 heterocycles. The Morgan fingerprint density at radius 1 is 1.27 bits per heavy atom. The second-order valence-corrected chi connectivity index (χ2v) is 7.77. The molecule has 4 rings (SSSR count). The summed E-state index contributed by atoms with van der Waals surface area (Å²) in [6.07, 6.45) is 0.681. The maximum absolute atomic E-state index is 13.2. The van der Waals surface area contributed by atoms with Gasteiger partial charge in [0, 0.05) is 20.3 Å². The zero-order chi connectivity index (χ0) is 21.3. The van der Waals surface area contributed by atoms with E-state index in [1.807, 2.05) is 41.8 Å². The van der Waals surface area contributed by atoms with E-state index < -0.39 is 6.04 Å². The first kappa shape index (κ1) is 20.4. The molecule has 7 nitrogen and oxygen atoms in total. The smallest absolute Gasteiger partial charge is 0.253 e. The van der Waals surface area contributed by atoms with Crippen molar-refractivity contribution in [3.63, 3.8) is 0 Å². The Kier molecular flexibility index (Phi) is 5.74. The molecule has 1 aliphatic heterocycles. The molecule has 0 unspecified atom stereocenters. The average Bonchev–Trinajstić information content (AvgIpc) is 3.20. The number of ether oxygens (including phenoxy) is 1. The third kappa shape index (κ3) is 3.78. The maximum Gasteiger partial charge on any atom is 0.253 e. The zero-order valence-electron chi connectivity index (χ0n) is 16.9. The molecule has 2 aromatic carbocycles. The highest BCUT2D eigenvalue weighted by Crippen LogP contribution is 2.36. The van der Waals surface area contributed by atoms with Crippen molar-refractivity contribution in [2.45, 2.75) is 25.8 Å². The van der Waals surface area contributed by atoms with Crippen molar-refractivity contribution in [1.82, 2.24) is 9.55 Å². The normalized spacial score (nSPS) is 15.6. The predicted octanol–water partition coefficient (Wildman–Crippen LogP) is 3.95. The maximum atomic E-state index is 13.2. The summed E-state index contributed by atoms with van der Waals surface area (Å²) in [6.45, 7) is 2.96. The molecular formula is C22H23ClN4O3. The van der Waals surface area contributed by atoms with Gasteiger partial charge in [-0.3, -0.25) is 19.1 Å². The summed E-state index contributed by atoms with van der Waals surface area (Å²) < 4.78 is 6.98. The van der Waals surface area contributed by atoms with Crippen LogP contribution in [0.1, 0.15) is 24.4 Å². The molecule has 0 fully saturated rings. The van der Waals surface area contributed by atoms with Crippen molar-refractivity contribution in [2.75, 3.05) is 30.5 Å². The van der Waals surface area contributed by atoms with Gasteiger partial charge in [-0.1, -0.05) is 29.8 Å². The fraction of sp³-hybridized carbons (Fsp3) is 0.318. The van der Waals surface area contributed by atoms with Crippen molar-refractivity contribution < 1.29 is 14.3 Å². The first-order chi connectivity index (χ1) is 14.5. The van der Waals surface area contributed by atoms with Crippen LogP contribution in [-0.4, -0.2) is 41.6 Å². The summed E-state index contributed by atoms with van der Waals surface area (Å²) in [5.74, 6) is 0.162. The van der Waals surface area contributed by atoms with E-state index in [-0.39, 0.29) is 18.2 Å². The SMILES string of the molecule is COCCCN1C(=O)[C@H](CC(=O)Nc2ccc(C)cc2Cl)n2c1nc1ccccc12. The lowest BCUT2D eigenvalue weighted by atomic mass is 10.1. The number of carbonyl (C=O) groups excluding carboxylic acids is 2. The number of nitrogens with zero attached hydrogens (tertiary/aromatic N) is 3. The quantitative estimate of drug-likeness (QED) is 0.580. The third-order valence-corrected chi connectivity index (χ3v) is 5.50. The van der Waals surface area contributed by atoms with Crippen LogP contribution in [0.15, 0.2) is 42.5 Å². The molecule has 156 valence electrons. The second kappa shape index (κ2) is 8.45. The Balaban J connectivity index is 1.61. The van der Waals surface area contributed by atoms with E-state index in [1.54, 1.807) is 24.1 Å². The summed E-state index contributed by atoms with van der Waals surface area (Å²) >= 11 is 6.24. The second-order valence-electron chi connectivity index (χ2n) is 7.36. The number of imidazole rings is 1. The number of halogens is 1. The minimum atomic E-state index is -0.654. The van der Waals surface area contributed by atoms with Crippen LogP contribution in [0.4, 0.5) is 11.6 Å². The number of hydrogen-bond donors (Lipinski definition) is 1. The van der Waals surface area contributed by atoms with Crippen molar-refractivity contribution in [3.05, 3.63) is 53.1 Å². The average molecular weight is 427 g/mol. The van der Waals surface area contributed by atoms with Crippen LogP contribution in [0.3, 0.4) is 0 Å². The number of hydrogen-bond acceptors (Lipinski definition) is 4. The molecule has 0 spiro atoms. The van der Waals surface area contributed by atoms with Crippen LogP contribution in [0.2, 0.25) is 5.02 Å². The van der Waals surface area contributed by atoms with Crippen molar-refractivity contribution in [3.8, 4) is 0 Å². The minimum absolute atomic E-state index is 0.00281. The number of aromatic nitrogens is 2. The van der Waals surface area contributed by atoms with E-state index in [0.29, 0.717) is 36.2 Å². The van der Waals surface area contributed by atoms with E-state index in [0.717, 1.165) is 16.6 Å². The first-order valence-electron chi connectivity index (χ1n) is 9.83. The van der Waals surface area contributed by atoms with Gasteiger partial charge in [0.05, 0.1) is 28.2 Å². The Labute approximate surface area is 179 Å². The van der Waals surface area contributed by atoms with E-state index in [4.69, 9.17) is 16.3 Å². The summed E-state index contributed by atoms with van der Waals surface area (Å²) in [6, 6.07) is 12.4. The van der Waals surface area contributed by atoms with Crippen LogP contribution in [0.25, 0.3) is 11.0 Å². The van der Waals surface area contributed by atoms with Gasteiger partial charge in [-0.25, -0.2) is 4.98 Å². The van der Waals surface area contributed by atoms with Gasteiger partial charge in [0.25, 0.3) is 5.91 Å². The lowest BCUT2D eigenvalue weighted by molar-refractivity contribution is -0.124. The monoisotopic (exact) mass is 426 g/mol. The van der Waals surface area contributed by atoms with Gasteiger partial charge < -0.3 is 10.1 Å². The molecule has 0 radical (unpaired) electrons. The molecule has 2 amide bonds. The van der Waals surface area contributed by atoms with Crippen LogP contribution in [0.5, 0.6) is 0 Å². The lowest BCUT2D eigenvalue weighted by Crippen LogP contribution is -2.32. The predicted molar refractivity (Wildman–Crippen MR) is 117 cm³/mol. The highest BCUT2D eigenvalue weighted by molar-refractivity contribution is 6.33. The van der Waals surface area contributed by atoms with Gasteiger partial charge in [-0.2, -0.15) is 0 Å². The topological polar surface area (TPSA) is 76.5 Å². The van der Waals surface area contributed by atoms with Crippen molar-refractivity contribution in [2.24, 2.45) is 0 Å². The van der Waals surface area contributed by atoms with Gasteiger partial charge in [0.2, 0.25) is 11.9 Å². The molecular weight excluding hydrogens is 404 g/mol. The molecule has 1 aliphatic rings. The standard InChI is InChI=1S/C22H23ClN4O3/c1-14-8-9-16(15(23)12-14)24-20(28)13-19-21(29)26(10-5-11-30-2)22-25-17-6-3-4-7-18(17)27(19)22/h3-4,6-9,12,19H,5,10-11,13H2,1-2H3,(H,24,28)/t19-/m0/s1. The number of methoxy groups -OCH3 is 1. The molecule has 3 aromatic rings.